The standard InChI is InChI=1S/C6H14N2O4S/c1-2-12-3-4-13(10,11)8-5-6(7)9/h8H,2-5H2,1H3,(H2,7,9). The van der Waals surface area contributed by atoms with Gasteiger partial charge in [-0.1, -0.05) is 0 Å². The van der Waals surface area contributed by atoms with Gasteiger partial charge in [0.15, 0.2) is 0 Å². The Balaban J connectivity index is 3.74. The number of amides is 1. The maximum atomic E-state index is 11.0. The van der Waals surface area contributed by atoms with E-state index in [9.17, 15) is 13.2 Å². The Labute approximate surface area is 77.5 Å². The van der Waals surface area contributed by atoms with Gasteiger partial charge in [-0.25, -0.2) is 13.1 Å². The van der Waals surface area contributed by atoms with Gasteiger partial charge in [0, 0.05) is 6.61 Å². The van der Waals surface area contributed by atoms with E-state index in [-0.39, 0.29) is 18.9 Å². The second-order valence-electron chi connectivity index (χ2n) is 2.30. The van der Waals surface area contributed by atoms with Crippen LogP contribution in [0, 0.1) is 0 Å². The van der Waals surface area contributed by atoms with E-state index in [0.717, 1.165) is 0 Å². The summed E-state index contributed by atoms with van der Waals surface area (Å²) in [6, 6.07) is 0. The number of nitrogens with two attached hydrogens (primary N) is 1. The van der Waals surface area contributed by atoms with Crippen LogP contribution in [-0.4, -0.2) is 39.8 Å². The first-order valence-corrected chi connectivity index (χ1v) is 5.46. The van der Waals surface area contributed by atoms with E-state index in [4.69, 9.17) is 10.5 Å². The molecule has 0 rings (SSSR count). The van der Waals surface area contributed by atoms with Gasteiger partial charge < -0.3 is 10.5 Å². The van der Waals surface area contributed by atoms with Crippen molar-refractivity contribution in [3.63, 3.8) is 0 Å². The van der Waals surface area contributed by atoms with Crippen LogP contribution in [0.3, 0.4) is 0 Å². The summed E-state index contributed by atoms with van der Waals surface area (Å²) in [4.78, 5) is 10.2. The fraction of sp³-hybridized carbons (Fsp3) is 0.833. The van der Waals surface area contributed by atoms with E-state index in [1.165, 1.54) is 0 Å². The molecule has 0 atom stereocenters. The Morgan fingerprint density at radius 2 is 2.15 bits per heavy atom. The number of nitrogens with one attached hydrogen (secondary N) is 1. The van der Waals surface area contributed by atoms with Crippen molar-refractivity contribution in [2.45, 2.75) is 6.92 Å². The minimum absolute atomic E-state index is 0.116. The van der Waals surface area contributed by atoms with Crippen molar-refractivity contribution in [3.8, 4) is 0 Å². The molecule has 78 valence electrons. The molecule has 0 saturated carbocycles. The molecule has 0 heterocycles. The minimum Gasteiger partial charge on any atom is -0.381 e. The van der Waals surface area contributed by atoms with Gasteiger partial charge in [-0.2, -0.15) is 0 Å². The quantitative estimate of drug-likeness (QED) is 0.496. The van der Waals surface area contributed by atoms with Crippen LogP contribution in [0.5, 0.6) is 0 Å². The highest BCUT2D eigenvalue weighted by Crippen LogP contribution is 1.84. The highest BCUT2D eigenvalue weighted by atomic mass is 32.2. The van der Waals surface area contributed by atoms with Crippen molar-refractivity contribution >= 4 is 15.9 Å². The Morgan fingerprint density at radius 3 is 2.62 bits per heavy atom. The van der Waals surface area contributed by atoms with E-state index >= 15 is 0 Å². The summed E-state index contributed by atoms with van der Waals surface area (Å²) >= 11 is 0. The third-order valence-corrected chi connectivity index (χ3v) is 2.46. The second-order valence-corrected chi connectivity index (χ2v) is 4.23. The van der Waals surface area contributed by atoms with Gasteiger partial charge in [-0.05, 0) is 6.92 Å². The molecule has 0 aliphatic rings. The predicted molar refractivity (Wildman–Crippen MR) is 47.5 cm³/mol. The van der Waals surface area contributed by atoms with E-state index < -0.39 is 15.9 Å². The zero-order chi connectivity index (χ0) is 10.3. The zero-order valence-corrected chi connectivity index (χ0v) is 8.26. The number of primary amides is 1. The molecule has 1 amide bonds. The van der Waals surface area contributed by atoms with Crippen LogP contribution in [0.25, 0.3) is 0 Å². The van der Waals surface area contributed by atoms with Crippen molar-refractivity contribution < 1.29 is 17.9 Å². The van der Waals surface area contributed by atoms with Gasteiger partial charge in [0.05, 0.1) is 18.9 Å². The number of sulfonamides is 1. The molecule has 0 aromatic rings. The summed E-state index contributed by atoms with van der Waals surface area (Å²) in [5.41, 5.74) is 4.76. The lowest BCUT2D eigenvalue weighted by Crippen LogP contribution is -2.35. The monoisotopic (exact) mass is 210 g/mol. The number of hydrogen-bond acceptors (Lipinski definition) is 4. The van der Waals surface area contributed by atoms with Crippen LogP contribution in [0.1, 0.15) is 6.92 Å². The van der Waals surface area contributed by atoms with Crippen LogP contribution < -0.4 is 10.5 Å². The van der Waals surface area contributed by atoms with Crippen LogP contribution in [0.15, 0.2) is 0 Å². The minimum atomic E-state index is -3.42. The summed E-state index contributed by atoms with van der Waals surface area (Å²) in [6.45, 7) is 1.98. The molecule has 0 fully saturated rings. The first-order chi connectivity index (χ1) is 5.98. The zero-order valence-electron chi connectivity index (χ0n) is 7.45. The van der Waals surface area contributed by atoms with Gasteiger partial charge in [0.2, 0.25) is 15.9 Å². The molecule has 0 bridgehead atoms. The van der Waals surface area contributed by atoms with E-state index in [0.29, 0.717) is 6.61 Å². The lowest BCUT2D eigenvalue weighted by atomic mass is 10.7. The van der Waals surface area contributed by atoms with Gasteiger partial charge in [-0.3, -0.25) is 4.79 Å². The molecule has 0 unspecified atom stereocenters. The molecule has 3 N–H and O–H groups in total. The first-order valence-electron chi connectivity index (χ1n) is 3.81. The smallest absolute Gasteiger partial charge is 0.232 e. The van der Waals surface area contributed by atoms with Crippen LogP contribution in [-0.2, 0) is 19.6 Å². The normalized spacial score (nSPS) is 11.5. The van der Waals surface area contributed by atoms with Gasteiger partial charge >= 0.3 is 0 Å². The largest absolute Gasteiger partial charge is 0.381 e. The van der Waals surface area contributed by atoms with Crippen molar-refractivity contribution in [1.82, 2.24) is 4.72 Å². The number of rotatable bonds is 7. The first kappa shape index (κ1) is 12.3. The number of carbonyl (C=O) groups is 1. The summed E-state index contributed by atoms with van der Waals surface area (Å²) in [7, 11) is -3.42. The maximum Gasteiger partial charge on any atom is 0.232 e. The molecule has 0 radical (unpaired) electrons. The van der Waals surface area contributed by atoms with Crippen LogP contribution >= 0.6 is 0 Å². The number of carbonyl (C=O) groups excluding carboxylic acids is 1. The van der Waals surface area contributed by atoms with E-state index in [1.54, 1.807) is 6.92 Å². The Bertz CT molecular complexity index is 249. The summed E-state index contributed by atoms with van der Waals surface area (Å²) in [5.74, 6) is -0.867. The summed E-state index contributed by atoms with van der Waals surface area (Å²) in [5, 5.41) is 0. The molecule has 7 heteroatoms. The SMILES string of the molecule is CCOCCS(=O)(=O)NCC(N)=O. The highest BCUT2D eigenvalue weighted by molar-refractivity contribution is 7.89. The molecule has 0 aromatic carbocycles. The Morgan fingerprint density at radius 1 is 1.54 bits per heavy atom. The van der Waals surface area contributed by atoms with Crippen molar-refractivity contribution in [2.75, 3.05) is 25.5 Å². The lowest BCUT2D eigenvalue weighted by Gasteiger charge is -2.04. The molecule has 13 heavy (non-hydrogen) atoms. The topological polar surface area (TPSA) is 98.5 Å². The molecule has 0 aromatic heterocycles. The van der Waals surface area contributed by atoms with Gasteiger partial charge in [0.1, 0.15) is 0 Å². The molecular weight excluding hydrogens is 196 g/mol. The van der Waals surface area contributed by atoms with Gasteiger partial charge in [0.25, 0.3) is 0 Å². The van der Waals surface area contributed by atoms with Crippen molar-refractivity contribution in [2.24, 2.45) is 5.73 Å². The lowest BCUT2D eigenvalue weighted by molar-refractivity contribution is -0.116. The van der Waals surface area contributed by atoms with Crippen LogP contribution in [0.4, 0.5) is 0 Å². The fourth-order valence-corrected chi connectivity index (χ4v) is 1.41. The summed E-state index contributed by atoms with van der Waals surface area (Å²) in [6.07, 6.45) is 0. The Kier molecular flexibility index (Phi) is 5.60. The molecular formula is C6H14N2O4S. The molecule has 0 aliphatic heterocycles. The van der Waals surface area contributed by atoms with E-state index in [2.05, 4.69) is 0 Å². The predicted octanol–water partition coefficient (Wildman–Crippen LogP) is -1.57. The van der Waals surface area contributed by atoms with Crippen LogP contribution in [0.2, 0.25) is 0 Å². The average molecular weight is 210 g/mol. The second kappa shape index (κ2) is 5.90. The molecule has 0 spiro atoms. The maximum absolute atomic E-state index is 11.0. The average Bonchev–Trinajstić information content (AvgIpc) is 2.02. The summed E-state index contributed by atoms with van der Waals surface area (Å²) < 4.78 is 28.9. The number of ether oxygens (including phenoxy) is 1. The molecule has 0 aliphatic carbocycles. The van der Waals surface area contributed by atoms with Crippen molar-refractivity contribution in [1.29, 1.82) is 0 Å². The molecule has 6 nitrogen and oxygen atoms in total. The Hall–Kier alpha value is -0.660. The van der Waals surface area contributed by atoms with Crippen molar-refractivity contribution in [3.05, 3.63) is 0 Å². The number of hydrogen-bond donors (Lipinski definition) is 2. The van der Waals surface area contributed by atoms with Gasteiger partial charge in [-0.15, -0.1) is 0 Å². The fourth-order valence-electron chi connectivity index (χ4n) is 0.566. The molecule has 0 saturated heterocycles. The highest BCUT2D eigenvalue weighted by Gasteiger charge is 2.10. The third kappa shape index (κ3) is 7.69. The van der Waals surface area contributed by atoms with E-state index in [1.807, 2.05) is 4.72 Å². The third-order valence-electron chi connectivity index (χ3n) is 1.17.